The van der Waals surface area contributed by atoms with Crippen molar-refractivity contribution in [2.45, 2.75) is 20.1 Å². The molecular formula is C10H14N2O3. The minimum Gasteiger partial charge on any atom is -0.461 e. The predicted molar refractivity (Wildman–Crippen MR) is 54.3 cm³/mol. The highest BCUT2D eigenvalue weighted by Crippen LogP contribution is 2.09. The van der Waals surface area contributed by atoms with E-state index in [0.717, 1.165) is 0 Å². The van der Waals surface area contributed by atoms with Gasteiger partial charge in [0.25, 0.3) is 0 Å². The average Bonchev–Trinajstić information content (AvgIpc) is 2.62. The lowest BCUT2D eigenvalue weighted by Gasteiger charge is -2.04. The monoisotopic (exact) mass is 210 g/mol. The summed E-state index contributed by atoms with van der Waals surface area (Å²) >= 11 is 0. The van der Waals surface area contributed by atoms with E-state index in [1.165, 1.54) is 6.33 Å². The Morgan fingerprint density at radius 1 is 1.80 bits per heavy atom. The quantitative estimate of drug-likeness (QED) is 0.575. The second-order valence-corrected chi connectivity index (χ2v) is 2.86. The van der Waals surface area contributed by atoms with Crippen molar-refractivity contribution in [2.75, 3.05) is 6.61 Å². The summed E-state index contributed by atoms with van der Waals surface area (Å²) < 4.78 is 6.46. The van der Waals surface area contributed by atoms with Crippen LogP contribution in [0.4, 0.5) is 0 Å². The third-order valence-electron chi connectivity index (χ3n) is 1.89. The first-order valence-electron chi connectivity index (χ1n) is 4.67. The Morgan fingerprint density at radius 2 is 2.53 bits per heavy atom. The van der Waals surface area contributed by atoms with E-state index in [-0.39, 0.29) is 18.9 Å². The Hall–Kier alpha value is -1.62. The molecule has 0 saturated carbocycles. The van der Waals surface area contributed by atoms with Crippen molar-refractivity contribution in [3.8, 4) is 0 Å². The Morgan fingerprint density at radius 3 is 3.07 bits per heavy atom. The van der Waals surface area contributed by atoms with Crippen molar-refractivity contribution >= 4 is 5.97 Å². The van der Waals surface area contributed by atoms with Crippen LogP contribution in [-0.2, 0) is 17.9 Å². The van der Waals surface area contributed by atoms with E-state index in [2.05, 4.69) is 11.6 Å². The summed E-state index contributed by atoms with van der Waals surface area (Å²) in [4.78, 5) is 15.3. The van der Waals surface area contributed by atoms with Crippen LogP contribution in [0.1, 0.15) is 23.1 Å². The molecule has 0 aliphatic carbocycles. The molecule has 0 unspecified atom stereocenters. The van der Waals surface area contributed by atoms with Gasteiger partial charge in [-0.25, -0.2) is 9.78 Å². The van der Waals surface area contributed by atoms with Gasteiger partial charge in [-0.1, -0.05) is 6.08 Å². The highest BCUT2D eigenvalue weighted by atomic mass is 16.5. The zero-order valence-electron chi connectivity index (χ0n) is 8.64. The molecule has 0 amide bonds. The molecule has 0 atom stereocenters. The van der Waals surface area contributed by atoms with Gasteiger partial charge in [0.15, 0.2) is 5.69 Å². The van der Waals surface area contributed by atoms with Crippen LogP contribution in [0.5, 0.6) is 0 Å². The molecule has 0 aliphatic heterocycles. The lowest BCUT2D eigenvalue weighted by molar-refractivity contribution is 0.0516. The minimum absolute atomic E-state index is 0.168. The molecule has 0 aliphatic rings. The third kappa shape index (κ3) is 2.44. The molecule has 0 bridgehead atoms. The molecule has 5 nitrogen and oxygen atoms in total. The van der Waals surface area contributed by atoms with Gasteiger partial charge >= 0.3 is 5.97 Å². The molecule has 0 aromatic carbocycles. The standard InChI is InChI=1S/C10H14N2O3/c1-3-5-12-7-11-9(8(12)6-13)10(14)15-4-2/h3,7,13H,1,4-6H2,2H3. The predicted octanol–water partition coefficient (Wildman–Crippen LogP) is 0.738. The fourth-order valence-corrected chi connectivity index (χ4v) is 1.24. The number of allylic oxidation sites excluding steroid dienone is 1. The van der Waals surface area contributed by atoms with Crippen molar-refractivity contribution in [2.24, 2.45) is 0 Å². The fraction of sp³-hybridized carbons (Fsp3) is 0.400. The molecule has 1 aromatic heterocycles. The van der Waals surface area contributed by atoms with E-state index in [0.29, 0.717) is 12.2 Å². The first-order chi connectivity index (χ1) is 7.24. The molecule has 0 radical (unpaired) electrons. The SMILES string of the molecule is C=CCn1cnc(C(=O)OCC)c1CO. The summed E-state index contributed by atoms with van der Waals surface area (Å²) in [6, 6.07) is 0. The summed E-state index contributed by atoms with van der Waals surface area (Å²) in [5, 5.41) is 9.13. The first-order valence-corrected chi connectivity index (χ1v) is 4.67. The van der Waals surface area contributed by atoms with Gasteiger partial charge in [0.05, 0.1) is 25.2 Å². The van der Waals surface area contributed by atoms with Crippen LogP contribution in [0.15, 0.2) is 19.0 Å². The van der Waals surface area contributed by atoms with Gasteiger partial charge < -0.3 is 14.4 Å². The van der Waals surface area contributed by atoms with E-state index < -0.39 is 5.97 Å². The molecule has 15 heavy (non-hydrogen) atoms. The molecule has 0 spiro atoms. The van der Waals surface area contributed by atoms with Crippen molar-refractivity contribution in [1.29, 1.82) is 0 Å². The first kappa shape index (κ1) is 11.5. The minimum atomic E-state index is -0.510. The number of aliphatic hydroxyl groups is 1. The fourth-order valence-electron chi connectivity index (χ4n) is 1.24. The number of hydrogen-bond donors (Lipinski definition) is 1. The van der Waals surface area contributed by atoms with Crippen molar-refractivity contribution in [1.82, 2.24) is 9.55 Å². The molecule has 1 aromatic rings. The number of carbonyl (C=O) groups excluding carboxylic acids is 1. The summed E-state index contributed by atoms with van der Waals surface area (Å²) in [5.74, 6) is -0.510. The van der Waals surface area contributed by atoms with Crippen LogP contribution < -0.4 is 0 Å². The molecule has 82 valence electrons. The molecular weight excluding hydrogens is 196 g/mol. The normalized spacial score (nSPS) is 10.0. The van der Waals surface area contributed by atoms with E-state index in [1.807, 2.05) is 0 Å². The number of esters is 1. The lowest BCUT2D eigenvalue weighted by atomic mass is 10.3. The third-order valence-corrected chi connectivity index (χ3v) is 1.89. The summed E-state index contributed by atoms with van der Waals surface area (Å²) in [5.41, 5.74) is 0.620. The summed E-state index contributed by atoms with van der Waals surface area (Å²) in [7, 11) is 0. The lowest BCUT2D eigenvalue weighted by Crippen LogP contribution is -2.10. The Labute approximate surface area is 88.0 Å². The van der Waals surface area contributed by atoms with Gasteiger partial charge in [0, 0.05) is 6.54 Å². The van der Waals surface area contributed by atoms with E-state index in [9.17, 15) is 4.79 Å². The number of aromatic nitrogens is 2. The Bertz CT molecular complexity index is 358. The van der Waals surface area contributed by atoms with Crippen LogP contribution in [0, 0.1) is 0 Å². The van der Waals surface area contributed by atoms with Gasteiger partial charge in [-0.15, -0.1) is 6.58 Å². The maximum absolute atomic E-state index is 11.4. The van der Waals surface area contributed by atoms with Crippen molar-refractivity contribution < 1.29 is 14.6 Å². The number of rotatable bonds is 5. The van der Waals surface area contributed by atoms with E-state index in [1.54, 1.807) is 17.6 Å². The zero-order chi connectivity index (χ0) is 11.3. The van der Waals surface area contributed by atoms with Gasteiger partial charge in [-0.3, -0.25) is 0 Å². The van der Waals surface area contributed by atoms with Gasteiger partial charge in [0.1, 0.15) is 0 Å². The van der Waals surface area contributed by atoms with Crippen molar-refractivity contribution in [3.63, 3.8) is 0 Å². The topological polar surface area (TPSA) is 64.4 Å². The van der Waals surface area contributed by atoms with Gasteiger partial charge in [0.2, 0.25) is 0 Å². The second-order valence-electron chi connectivity index (χ2n) is 2.86. The number of carbonyl (C=O) groups is 1. The number of nitrogens with zero attached hydrogens (tertiary/aromatic N) is 2. The highest BCUT2D eigenvalue weighted by Gasteiger charge is 2.17. The smallest absolute Gasteiger partial charge is 0.358 e. The van der Waals surface area contributed by atoms with Crippen molar-refractivity contribution in [3.05, 3.63) is 30.4 Å². The highest BCUT2D eigenvalue weighted by molar-refractivity contribution is 5.88. The molecule has 1 heterocycles. The number of aliphatic hydroxyl groups excluding tert-OH is 1. The zero-order valence-corrected chi connectivity index (χ0v) is 8.64. The Kier molecular flexibility index (Phi) is 4.05. The van der Waals surface area contributed by atoms with E-state index in [4.69, 9.17) is 9.84 Å². The van der Waals surface area contributed by atoms with Gasteiger partial charge in [-0.05, 0) is 6.92 Å². The summed E-state index contributed by atoms with van der Waals surface area (Å²) in [6.45, 7) is 5.84. The average molecular weight is 210 g/mol. The van der Waals surface area contributed by atoms with Gasteiger partial charge in [-0.2, -0.15) is 0 Å². The molecule has 5 heteroatoms. The molecule has 0 fully saturated rings. The second kappa shape index (κ2) is 5.31. The van der Waals surface area contributed by atoms with E-state index >= 15 is 0 Å². The molecule has 1 rings (SSSR count). The maximum Gasteiger partial charge on any atom is 0.358 e. The van der Waals surface area contributed by atoms with Crippen LogP contribution in [0.3, 0.4) is 0 Å². The largest absolute Gasteiger partial charge is 0.461 e. The number of imidazole rings is 1. The molecule has 1 N–H and O–H groups in total. The van der Waals surface area contributed by atoms with Crippen LogP contribution in [-0.4, -0.2) is 27.2 Å². The molecule has 0 saturated heterocycles. The van der Waals surface area contributed by atoms with Crippen LogP contribution in [0.25, 0.3) is 0 Å². The number of hydrogen-bond acceptors (Lipinski definition) is 4. The number of ether oxygens (including phenoxy) is 1. The maximum atomic E-state index is 11.4. The Balaban J connectivity index is 2.97. The van der Waals surface area contributed by atoms with Crippen LogP contribution >= 0.6 is 0 Å². The summed E-state index contributed by atoms with van der Waals surface area (Å²) in [6.07, 6.45) is 3.15. The van der Waals surface area contributed by atoms with Crippen LogP contribution in [0.2, 0.25) is 0 Å².